The van der Waals surface area contributed by atoms with Crippen LogP contribution in [0.25, 0.3) is 0 Å². The number of aromatic amines is 1. The lowest BCUT2D eigenvalue weighted by Crippen LogP contribution is -2.45. The number of carbonyl (C=O) groups excluding carboxylic acids is 2. The maximum Gasteiger partial charge on any atom is 0.270 e. The summed E-state index contributed by atoms with van der Waals surface area (Å²) < 4.78 is 5.25. The highest BCUT2D eigenvalue weighted by Gasteiger charge is 2.43. The van der Waals surface area contributed by atoms with Gasteiger partial charge in [0.05, 0.1) is 5.41 Å². The van der Waals surface area contributed by atoms with Crippen molar-refractivity contribution in [3.63, 3.8) is 0 Å². The number of nitrogens with zero attached hydrogens (tertiary/aromatic N) is 2. The van der Waals surface area contributed by atoms with Crippen LogP contribution in [0.3, 0.4) is 0 Å². The van der Waals surface area contributed by atoms with E-state index in [0.717, 1.165) is 45.1 Å². The Morgan fingerprint density at radius 2 is 1.84 bits per heavy atom. The molecule has 1 N–H and O–H groups in total. The second-order valence-electron chi connectivity index (χ2n) is 7.25. The molecule has 6 heteroatoms. The van der Waals surface area contributed by atoms with E-state index in [9.17, 15) is 9.59 Å². The minimum Gasteiger partial charge on any atom is -0.385 e. The minimum absolute atomic E-state index is 0.0225. The molecule has 0 unspecified atom stereocenters. The third-order valence-electron chi connectivity index (χ3n) is 5.70. The highest BCUT2D eigenvalue weighted by molar-refractivity contribution is 5.92. The van der Waals surface area contributed by atoms with Gasteiger partial charge in [-0.3, -0.25) is 9.59 Å². The van der Waals surface area contributed by atoms with E-state index < -0.39 is 0 Å². The number of amides is 2. The number of hydrogen-bond donors (Lipinski definition) is 1. The van der Waals surface area contributed by atoms with E-state index in [2.05, 4.69) is 4.98 Å². The van der Waals surface area contributed by atoms with Crippen molar-refractivity contribution in [2.45, 2.75) is 38.5 Å². The minimum atomic E-state index is -0.241. The first kappa shape index (κ1) is 18.0. The van der Waals surface area contributed by atoms with Gasteiger partial charge in [-0.2, -0.15) is 0 Å². The van der Waals surface area contributed by atoms with Crippen LogP contribution < -0.4 is 0 Å². The molecular weight excluding hydrogens is 318 g/mol. The normalized spacial score (nSPS) is 20.5. The van der Waals surface area contributed by atoms with Gasteiger partial charge >= 0.3 is 0 Å². The van der Waals surface area contributed by atoms with E-state index in [1.807, 2.05) is 15.9 Å². The number of H-pyrrole nitrogens is 1. The van der Waals surface area contributed by atoms with Gasteiger partial charge in [0.25, 0.3) is 5.91 Å². The van der Waals surface area contributed by atoms with Crippen LogP contribution in [0.4, 0.5) is 0 Å². The van der Waals surface area contributed by atoms with Crippen molar-refractivity contribution >= 4 is 11.8 Å². The van der Waals surface area contributed by atoms with Gasteiger partial charge in [0.1, 0.15) is 5.69 Å². The SMILES string of the molecule is COCCC1(C(=O)N2CCCN(C(=O)c3ccc[nH]3)CC2)CCCC1. The number of rotatable bonds is 5. The average Bonchev–Trinajstić information content (AvgIpc) is 3.27. The Morgan fingerprint density at radius 1 is 1.12 bits per heavy atom. The molecule has 1 saturated heterocycles. The summed E-state index contributed by atoms with van der Waals surface area (Å²) in [6.45, 7) is 3.30. The van der Waals surface area contributed by atoms with Gasteiger partial charge in [-0.05, 0) is 37.8 Å². The molecule has 25 heavy (non-hydrogen) atoms. The summed E-state index contributed by atoms with van der Waals surface area (Å²) in [6.07, 6.45) is 7.60. The van der Waals surface area contributed by atoms with E-state index in [-0.39, 0.29) is 17.2 Å². The van der Waals surface area contributed by atoms with Crippen molar-refractivity contribution in [2.75, 3.05) is 39.9 Å². The molecule has 138 valence electrons. The fourth-order valence-corrected chi connectivity index (χ4v) is 4.21. The van der Waals surface area contributed by atoms with Crippen LogP contribution >= 0.6 is 0 Å². The highest BCUT2D eigenvalue weighted by atomic mass is 16.5. The predicted molar refractivity (Wildman–Crippen MR) is 95.3 cm³/mol. The van der Waals surface area contributed by atoms with Gasteiger partial charge in [0, 0.05) is 46.1 Å². The van der Waals surface area contributed by atoms with Gasteiger partial charge in [-0.15, -0.1) is 0 Å². The Labute approximate surface area is 149 Å². The van der Waals surface area contributed by atoms with Gasteiger partial charge in [0.2, 0.25) is 5.91 Å². The van der Waals surface area contributed by atoms with Crippen LogP contribution in [-0.4, -0.2) is 66.5 Å². The monoisotopic (exact) mass is 347 g/mol. The van der Waals surface area contributed by atoms with Crippen molar-refractivity contribution in [3.05, 3.63) is 24.0 Å². The molecule has 2 heterocycles. The third kappa shape index (κ3) is 3.89. The maximum atomic E-state index is 13.2. The molecule has 0 spiro atoms. The fraction of sp³-hybridized carbons (Fsp3) is 0.684. The summed E-state index contributed by atoms with van der Waals surface area (Å²) in [6, 6.07) is 3.63. The quantitative estimate of drug-likeness (QED) is 0.889. The number of hydrogen-bond acceptors (Lipinski definition) is 3. The van der Waals surface area contributed by atoms with Crippen LogP contribution in [-0.2, 0) is 9.53 Å². The van der Waals surface area contributed by atoms with Crippen LogP contribution in [0.2, 0.25) is 0 Å². The molecule has 2 amide bonds. The predicted octanol–water partition coefficient (Wildman–Crippen LogP) is 2.29. The molecule has 0 aromatic carbocycles. The first-order valence-corrected chi connectivity index (χ1v) is 9.37. The largest absolute Gasteiger partial charge is 0.385 e. The smallest absolute Gasteiger partial charge is 0.270 e. The molecule has 1 aromatic heterocycles. The zero-order chi connectivity index (χ0) is 17.7. The Kier molecular flexibility index (Phi) is 5.78. The van der Waals surface area contributed by atoms with Crippen LogP contribution in [0.5, 0.6) is 0 Å². The van der Waals surface area contributed by atoms with Crippen molar-refractivity contribution in [2.24, 2.45) is 5.41 Å². The molecule has 1 saturated carbocycles. The van der Waals surface area contributed by atoms with Crippen molar-refractivity contribution in [1.29, 1.82) is 0 Å². The number of methoxy groups -OCH3 is 1. The van der Waals surface area contributed by atoms with Crippen LogP contribution in [0.1, 0.15) is 49.0 Å². The van der Waals surface area contributed by atoms with E-state index in [4.69, 9.17) is 4.74 Å². The molecular formula is C19H29N3O3. The van der Waals surface area contributed by atoms with Gasteiger partial charge < -0.3 is 19.5 Å². The number of carbonyl (C=O) groups is 2. The Balaban J connectivity index is 1.63. The fourth-order valence-electron chi connectivity index (χ4n) is 4.21. The summed E-state index contributed by atoms with van der Waals surface area (Å²) in [5, 5.41) is 0. The number of nitrogens with one attached hydrogen (secondary N) is 1. The molecule has 2 aliphatic rings. The summed E-state index contributed by atoms with van der Waals surface area (Å²) in [4.78, 5) is 32.6. The molecule has 1 aromatic rings. The molecule has 2 fully saturated rings. The Bertz CT molecular complexity index is 579. The average molecular weight is 347 g/mol. The topological polar surface area (TPSA) is 65.6 Å². The van der Waals surface area contributed by atoms with Gasteiger partial charge in [-0.1, -0.05) is 12.8 Å². The zero-order valence-corrected chi connectivity index (χ0v) is 15.1. The standard InChI is InChI=1S/C19H29N3O3/c1-25-15-9-19(7-2-3-8-19)18(24)22-12-5-11-21(13-14-22)17(23)16-6-4-10-20-16/h4,6,10,20H,2-3,5,7-9,11-15H2,1H3. The first-order chi connectivity index (χ1) is 12.2. The van der Waals surface area contributed by atoms with Crippen molar-refractivity contribution in [3.8, 4) is 0 Å². The molecule has 0 atom stereocenters. The first-order valence-electron chi connectivity index (χ1n) is 9.37. The lowest BCUT2D eigenvalue weighted by molar-refractivity contribution is -0.143. The second-order valence-corrected chi connectivity index (χ2v) is 7.25. The zero-order valence-electron chi connectivity index (χ0n) is 15.1. The van der Waals surface area contributed by atoms with E-state index >= 15 is 0 Å². The van der Waals surface area contributed by atoms with Gasteiger partial charge in [0.15, 0.2) is 0 Å². The van der Waals surface area contributed by atoms with Crippen molar-refractivity contribution < 1.29 is 14.3 Å². The molecule has 1 aliphatic heterocycles. The summed E-state index contributed by atoms with van der Waals surface area (Å²) in [5.74, 6) is 0.297. The Hall–Kier alpha value is -1.82. The van der Waals surface area contributed by atoms with Crippen LogP contribution in [0, 0.1) is 5.41 Å². The van der Waals surface area contributed by atoms with E-state index in [1.165, 1.54) is 0 Å². The summed E-state index contributed by atoms with van der Waals surface area (Å²) in [5.41, 5.74) is 0.376. The Morgan fingerprint density at radius 3 is 2.52 bits per heavy atom. The van der Waals surface area contributed by atoms with Crippen molar-refractivity contribution in [1.82, 2.24) is 14.8 Å². The molecule has 1 aliphatic carbocycles. The molecule has 0 radical (unpaired) electrons. The maximum absolute atomic E-state index is 13.2. The summed E-state index contributed by atoms with van der Waals surface area (Å²) >= 11 is 0. The third-order valence-corrected chi connectivity index (χ3v) is 5.70. The number of aromatic nitrogens is 1. The number of ether oxygens (including phenoxy) is 1. The lowest BCUT2D eigenvalue weighted by atomic mass is 9.81. The van der Waals surface area contributed by atoms with Gasteiger partial charge in [-0.25, -0.2) is 0 Å². The van der Waals surface area contributed by atoms with E-state index in [1.54, 1.807) is 19.4 Å². The summed E-state index contributed by atoms with van der Waals surface area (Å²) in [7, 11) is 1.70. The van der Waals surface area contributed by atoms with E-state index in [0.29, 0.717) is 31.9 Å². The molecule has 6 nitrogen and oxygen atoms in total. The lowest BCUT2D eigenvalue weighted by Gasteiger charge is -2.34. The highest BCUT2D eigenvalue weighted by Crippen LogP contribution is 2.42. The second kappa shape index (κ2) is 8.04. The van der Waals surface area contributed by atoms with Crippen LogP contribution in [0.15, 0.2) is 18.3 Å². The molecule has 0 bridgehead atoms. The molecule has 3 rings (SSSR count).